The lowest BCUT2D eigenvalue weighted by Gasteiger charge is -2.25. The zero-order chi connectivity index (χ0) is 22.0. The van der Waals surface area contributed by atoms with E-state index in [-0.39, 0.29) is 5.37 Å². The highest BCUT2D eigenvalue weighted by atomic mass is 32.2. The van der Waals surface area contributed by atoms with Gasteiger partial charge in [-0.3, -0.25) is 0 Å². The third-order valence-electron chi connectivity index (χ3n) is 4.86. The van der Waals surface area contributed by atoms with Crippen molar-refractivity contribution in [3.05, 3.63) is 70.2 Å². The van der Waals surface area contributed by atoms with E-state index >= 15 is 0 Å². The lowest BCUT2D eigenvalue weighted by Crippen LogP contribution is -2.32. The normalized spacial score (nSPS) is 16.7. The van der Waals surface area contributed by atoms with E-state index < -0.39 is 0 Å². The molecule has 1 atom stereocenters. The van der Waals surface area contributed by atoms with Crippen LogP contribution in [0.2, 0.25) is 0 Å². The van der Waals surface area contributed by atoms with Crippen molar-refractivity contribution in [2.24, 2.45) is 10.1 Å². The van der Waals surface area contributed by atoms with Crippen LogP contribution >= 0.6 is 23.1 Å². The number of guanidine groups is 1. The van der Waals surface area contributed by atoms with Crippen LogP contribution in [0.25, 0.3) is 0 Å². The van der Waals surface area contributed by atoms with Crippen LogP contribution in [0.4, 0.5) is 10.8 Å². The molecule has 31 heavy (non-hydrogen) atoms. The van der Waals surface area contributed by atoms with E-state index in [1.54, 1.807) is 11.8 Å². The molecule has 0 saturated carbocycles. The molecule has 6 nitrogen and oxygen atoms in total. The van der Waals surface area contributed by atoms with Crippen molar-refractivity contribution in [1.29, 1.82) is 0 Å². The van der Waals surface area contributed by atoms with Gasteiger partial charge in [0.25, 0.3) is 0 Å². The van der Waals surface area contributed by atoms with E-state index in [9.17, 15) is 0 Å². The van der Waals surface area contributed by atoms with E-state index in [1.807, 2.05) is 24.9 Å². The Morgan fingerprint density at radius 3 is 2.52 bits per heavy atom. The Morgan fingerprint density at radius 1 is 1.06 bits per heavy atom. The average molecular weight is 451 g/mol. The van der Waals surface area contributed by atoms with Gasteiger partial charge in [-0.2, -0.15) is 10.1 Å². The fraction of sp³-hybridized carbons (Fsp3) is 0.304. The molecule has 0 radical (unpaired) electrons. The number of nitrogens with zero attached hydrogens (tertiary/aromatic N) is 5. The van der Waals surface area contributed by atoms with Gasteiger partial charge in [0, 0.05) is 5.69 Å². The number of hydrogen-bond donors (Lipinski definition) is 1. The van der Waals surface area contributed by atoms with Crippen LogP contribution < -0.4 is 5.32 Å². The molecular formula is C23H26N6S2. The first-order chi connectivity index (χ1) is 14.9. The molecule has 1 unspecified atom stereocenters. The minimum absolute atomic E-state index is 0.00542. The molecule has 0 amide bonds. The van der Waals surface area contributed by atoms with Crippen LogP contribution in [-0.2, 0) is 0 Å². The molecule has 0 fully saturated rings. The number of aryl methyl sites for hydroxylation is 2. The van der Waals surface area contributed by atoms with Crippen molar-refractivity contribution < 1.29 is 0 Å². The predicted octanol–water partition coefficient (Wildman–Crippen LogP) is 6.46. The smallest absolute Gasteiger partial charge is 0.234 e. The Kier molecular flexibility index (Phi) is 6.38. The molecule has 1 aromatic heterocycles. The SMILES string of the molecule is CC1=NN(/C(=N/c2nnc(C)s2)Nc2cccc(C(C)C)c2)C(c2ccc(C)cc2)S1. The molecule has 0 saturated heterocycles. The fourth-order valence-electron chi connectivity index (χ4n) is 3.20. The number of benzene rings is 2. The van der Waals surface area contributed by atoms with Crippen molar-refractivity contribution in [2.75, 3.05) is 5.32 Å². The second-order valence-electron chi connectivity index (χ2n) is 7.79. The number of aliphatic imine (C=N–C) groups is 1. The summed E-state index contributed by atoms with van der Waals surface area (Å²) in [4.78, 5) is 4.81. The van der Waals surface area contributed by atoms with Crippen LogP contribution in [0.3, 0.4) is 0 Å². The fourth-order valence-corrected chi connectivity index (χ4v) is 4.76. The number of aromatic nitrogens is 2. The summed E-state index contributed by atoms with van der Waals surface area (Å²) in [5, 5.41) is 21.0. The third-order valence-corrected chi connectivity index (χ3v) is 6.71. The molecule has 1 aliphatic rings. The Hall–Kier alpha value is -2.71. The van der Waals surface area contributed by atoms with Crippen molar-refractivity contribution in [3.8, 4) is 0 Å². The minimum atomic E-state index is -0.00542. The zero-order valence-corrected chi connectivity index (χ0v) is 20.0. The quantitative estimate of drug-likeness (QED) is 0.365. The van der Waals surface area contributed by atoms with Crippen LogP contribution in [0.1, 0.15) is 53.8 Å². The van der Waals surface area contributed by atoms with Gasteiger partial charge in [-0.15, -0.1) is 10.2 Å². The van der Waals surface area contributed by atoms with Crippen LogP contribution in [0, 0.1) is 13.8 Å². The highest BCUT2D eigenvalue weighted by Crippen LogP contribution is 2.40. The molecule has 8 heteroatoms. The van der Waals surface area contributed by atoms with Crippen molar-refractivity contribution in [2.45, 2.75) is 45.9 Å². The number of rotatable bonds is 4. The minimum Gasteiger partial charge on any atom is -0.324 e. The maximum Gasteiger partial charge on any atom is 0.234 e. The van der Waals surface area contributed by atoms with Crippen LogP contribution in [-0.4, -0.2) is 26.2 Å². The van der Waals surface area contributed by atoms with E-state index in [1.165, 1.54) is 28.0 Å². The van der Waals surface area contributed by atoms with Gasteiger partial charge in [0.2, 0.25) is 11.1 Å². The van der Waals surface area contributed by atoms with Gasteiger partial charge in [-0.25, -0.2) is 5.01 Å². The van der Waals surface area contributed by atoms with Gasteiger partial charge >= 0.3 is 0 Å². The summed E-state index contributed by atoms with van der Waals surface area (Å²) in [5.74, 6) is 1.07. The third kappa shape index (κ3) is 5.14. The molecule has 1 N–H and O–H groups in total. The molecule has 3 aromatic rings. The standard InChI is InChI=1S/C23H26N6S2/c1-14(2)19-7-6-8-20(13-19)24-22(25-23-27-26-16(4)31-23)29-21(30-17(5)28-29)18-11-9-15(3)10-12-18/h6-14,21H,1-5H3,(H,24,25,27). The highest BCUT2D eigenvalue weighted by Gasteiger charge is 2.31. The number of hydrazone groups is 1. The van der Waals surface area contributed by atoms with Gasteiger partial charge in [-0.05, 0) is 49.9 Å². The topological polar surface area (TPSA) is 65.8 Å². The maximum absolute atomic E-state index is 4.81. The maximum atomic E-state index is 4.81. The molecule has 0 spiro atoms. The average Bonchev–Trinajstić information content (AvgIpc) is 3.33. The van der Waals surface area contributed by atoms with Crippen LogP contribution in [0.5, 0.6) is 0 Å². The molecule has 0 aliphatic carbocycles. The molecule has 1 aliphatic heterocycles. The predicted molar refractivity (Wildman–Crippen MR) is 132 cm³/mol. The number of anilines is 1. The van der Waals surface area contributed by atoms with Crippen molar-refractivity contribution in [3.63, 3.8) is 0 Å². The first kappa shape index (κ1) is 21.5. The first-order valence-electron chi connectivity index (χ1n) is 10.2. The summed E-state index contributed by atoms with van der Waals surface area (Å²) in [6.45, 7) is 10.4. The van der Waals surface area contributed by atoms with E-state index in [0.29, 0.717) is 17.0 Å². The molecule has 160 valence electrons. The van der Waals surface area contributed by atoms with E-state index in [2.05, 4.69) is 78.7 Å². The summed E-state index contributed by atoms with van der Waals surface area (Å²) in [5.41, 5.74) is 4.65. The number of nitrogens with one attached hydrogen (secondary N) is 1. The summed E-state index contributed by atoms with van der Waals surface area (Å²) in [6, 6.07) is 17.0. The molecule has 4 rings (SSSR count). The largest absolute Gasteiger partial charge is 0.324 e. The van der Waals surface area contributed by atoms with Crippen LogP contribution in [0.15, 0.2) is 58.6 Å². The highest BCUT2D eigenvalue weighted by molar-refractivity contribution is 8.14. The molecular weight excluding hydrogens is 424 g/mol. The second-order valence-corrected chi connectivity index (χ2v) is 10.2. The van der Waals surface area contributed by atoms with E-state index in [4.69, 9.17) is 10.1 Å². The summed E-state index contributed by atoms with van der Waals surface area (Å²) in [7, 11) is 0. The lowest BCUT2D eigenvalue weighted by molar-refractivity contribution is 0.438. The summed E-state index contributed by atoms with van der Waals surface area (Å²) < 4.78 is 0. The Morgan fingerprint density at radius 2 is 1.84 bits per heavy atom. The number of hydrogen-bond acceptors (Lipinski definition) is 6. The van der Waals surface area contributed by atoms with Crippen molar-refractivity contribution in [1.82, 2.24) is 15.2 Å². The van der Waals surface area contributed by atoms with Gasteiger partial charge in [-0.1, -0.05) is 78.9 Å². The zero-order valence-electron chi connectivity index (χ0n) is 18.3. The van der Waals surface area contributed by atoms with Crippen molar-refractivity contribution >= 4 is 44.9 Å². The van der Waals surface area contributed by atoms with E-state index in [0.717, 1.165) is 15.7 Å². The molecule has 0 bridgehead atoms. The first-order valence-corrected chi connectivity index (χ1v) is 11.9. The second kappa shape index (κ2) is 9.20. The van der Waals surface area contributed by atoms with Gasteiger partial charge in [0.15, 0.2) is 0 Å². The Labute approximate surface area is 191 Å². The Balaban J connectivity index is 1.73. The molecule has 2 aromatic carbocycles. The van der Waals surface area contributed by atoms with Gasteiger partial charge in [0.05, 0.1) is 5.04 Å². The van der Waals surface area contributed by atoms with Gasteiger partial charge < -0.3 is 5.32 Å². The lowest BCUT2D eigenvalue weighted by atomic mass is 10.0. The summed E-state index contributed by atoms with van der Waals surface area (Å²) in [6.07, 6.45) is 0. The summed E-state index contributed by atoms with van der Waals surface area (Å²) >= 11 is 3.18. The van der Waals surface area contributed by atoms with Gasteiger partial charge in [0.1, 0.15) is 10.4 Å². The monoisotopic (exact) mass is 450 g/mol. The number of thioether (sulfide) groups is 1. The Bertz CT molecular complexity index is 1120. The molecule has 2 heterocycles.